The molecule has 2 nitrogen and oxygen atoms in total. The van der Waals surface area contributed by atoms with Crippen LogP contribution in [0.25, 0.3) is 0 Å². The van der Waals surface area contributed by atoms with E-state index in [1.807, 2.05) is 6.92 Å². The van der Waals surface area contributed by atoms with Crippen LogP contribution in [0.2, 0.25) is 0 Å². The van der Waals surface area contributed by atoms with Crippen molar-refractivity contribution < 1.29 is 9.50 Å². The first kappa shape index (κ1) is 10.8. The first-order valence-corrected chi connectivity index (χ1v) is 4.21. The molecule has 3 heteroatoms. The van der Waals surface area contributed by atoms with Gasteiger partial charge in [0, 0.05) is 12.6 Å². The lowest BCUT2D eigenvalue weighted by Crippen LogP contribution is -2.27. The molecule has 0 saturated carbocycles. The molecule has 0 fully saturated rings. The maximum absolute atomic E-state index is 11.6. The van der Waals surface area contributed by atoms with Crippen molar-refractivity contribution in [1.82, 2.24) is 5.32 Å². The molecule has 0 bridgehead atoms. The molecule has 0 radical (unpaired) electrons. The van der Waals surface area contributed by atoms with Gasteiger partial charge in [-0.1, -0.05) is 0 Å². The van der Waals surface area contributed by atoms with Crippen molar-refractivity contribution in [3.63, 3.8) is 0 Å². The lowest BCUT2D eigenvalue weighted by molar-refractivity contribution is 0.276. The number of nitrogens with one attached hydrogen (secondary N) is 1. The highest BCUT2D eigenvalue weighted by atomic mass is 19.1. The summed E-state index contributed by atoms with van der Waals surface area (Å²) in [6.45, 7) is 2.78. The Hall–Kier alpha value is -0.150. The van der Waals surface area contributed by atoms with E-state index in [9.17, 15) is 4.39 Å². The molecule has 0 aliphatic heterocycles. The van der Waals surface area contributed by atoms with Gasteiger partial charge in [-0.2, -0.15) is 0 Å². The minimum Gasteiger partial charge on any atom is -0.396 e. The highest BCUT2D eigenvalue weighted by molar-refractivity contribution is 4.59. The summed E-state index contributed by atoms with van der Waals surface area (Å²) in [6.07, 6.45) is 2.37. The maximum Gasteiger partial charge on any atom is 0.0906 e. The highest BCUT2D eigenvalue weighted by Crippen LogP contribution is 1.94. The minimum absolute atomic E-state index is 0.245. The Morgan fingerprint density at radius 1 is 1.45 bits per heavy atom. The van der Waals surface area contributed by atoms with Gasteiger partial charge >= 0.3 is 0 Å². The molecule has 68 valence electrons. The van der Waals surface area contributed by atoms with E-state index in [0.717, 1.165) is 19.4 Å². The van der Waals surface area contributed by atoms with E-state index in [1.54, 1.807) is 0 Å². The molecule has 1 unspecified atom stereocenters. The third-order valence-electron chi connectivity index (χ3n) is 1.60. The average molecular weight is 163 g/mol. The number of hydrogen-bond donors (Lipinski definition) is 2. The van der Waals surface area contributed by atoms with Gasteiger partial charge < -0.3 is 10.4 Å². The fraction of sp³-hybridized carbons (Fsp3) is 1.00. The van der Waals surface area contributed by atoms with Crippen molar-refractivity contribution in [2.75, 3.05) is 19.8 Å². The van der Waals surface area contributed by atoms with Gasteiger partial charge in [0.2, 0.25) is 0 Å². The molecule has 0 aromatic carbocycles. The lowest BCUT2D eigenvalue weighted by atomic mass is 10.2. The average Bonchev–Trinajstić information content (AvgIpc) is 2.01. The molecule has 0 spiro atoms. The normalized spacial score (nSPS) is 13.4. The molecule has 2 N–H and O–H groups in total. The van der Waals surface area contributed by atoms with E-state index < -0.39 is 0 Å². The van der Waals surface area contributed by atoms with Crippen molar-refractivity contribution >= 4 is 0 Å². The minimum atomic E-state index is -0.250. The highest BCUT2D eigenvalue weighted by Gasteiger charge is 1.98. The standard InChI is InChI=1S/C8H18FNO/c1-8(4-2-7-11)10-6-3-5-9/h8,10-11H,2-7H2,1H3. The van der Waals surface area contributed by atoms with E-state index in [4.69, 9.17) is 5.11 Å². The van der Waals surface area contributed by atoms with Crippen molar-refractivity contribution in [1.29, 1.82) is 0 Å². The summed E-state index contributed by atoms with van der Waals surface area (Å²) in [4.78, 5) is 0. The molecule has 0 aromatic rings. The van der Waals surface area contributed by atoms with E-state index in [0.29, 0.717) is 12.5 Å². The number of halogens is 1. The monoisotopic (exact) mass is 163 g/mol. The molecular weight excluding hydrogens is 145 g/mol. The number of aliphatic hydroxyl groups is 1. The van der Waals surface area contributed by atoms with Crippen LogP contribution in [0.15, 0.2) is 0 Å². The van der Waals surface area contributed by atoms with Crippen molar-refractivity contribution in [2.45, 2.75) is 32.2 Å². The van der Waals surface area contributed by atoms with Gasteiger partial charge in [0.05, 0.1) is 6.67 Å². The Bertz CT molecular complexity index is 80.5. The Balaban J connectivity index is 3.02. The second-order valence-electron chi connectivity index (χ2n) is 2.76. The van der Waals surface area contributed by atoms with Gasteiger partial charge in [0.15, 0.2) is 0 Å². The summed E-state index contributed by atoms with van der Waals surface area (Å²) in [6, 6.07) is 0.397. The van der Waals surface area contributed by atoms with Crippen molar-refractivity contribution in [2.24, 2.45) is 0 Å². The van der Waals surface area contributed by atoms with Gasteiger partial charge in [0.25, 0.3) is 0 Å². The summed E-state index contributed by atoms with van der Waals surface area (Å²) in [5, 5.41) is 11.7. The van der Waals surface area contributed by atoms with Gasteiger partial charge in [-0.15, -0.1) is 0 Å². The summed E-state index contributed by atoms with van der Waals surface area (Å²) in [5.74, 6) is 0. The third kappa shape index (κ3) is 7.75. The van der Waals surface area contributed by atoms with Crippen LogP contribution >= 0.6 is 0 Å². The van der Waals surface area contributed by atoms with Crippen LogP contribution < -0.4 is 5.32 Å². The van der Waals surface area contributed by atoms with Crippen LogP contribution in [-0.4, -0.2) is 31.0 Å². The Morgan fingerprint density at radius 3 is 2.73 bits per heavy atom. The number of aliphatic hydroxyl groups excluding tert-OH is 1. The maximum atomic E-state index is 11.6. The molecule has 0 saturated heterocycles. The molecule has 11 heavy (non-hydrogen) atoms. The molecule has 0 aromatic heterocycles. The predicted molar refractivity (Wildman–Crippen MR) is 44.4 cm³/mol. The number of rotatable bonds is 7. The lowest BCUT2D eigenvalue weighted by Gasteiger charge is -2.11. The van der Waals surface area contributed by atoms with Crippen LogP contribution in [0.5, 0.6) is 0 Å². The van der Waals surface area contributed by atoms with Crippen LogP contribution in [0.1, 0.15) is 26.2 Å². The van der Waals surface area contributed by atoms with Crippen LogP contribution in [0.4, 0.5) is 4.39 Å². The Kier molecular flexibility index (Phi) is 7.84. The van der Waals surface area contributed by atoms with E-state index >= 15 is 0 Å². The fourth-order valence-corrected chi connectivity index (χ4v) is 0.915. The zero-order valence-corrected chi connectivity index (χ0v) is 7.15. The number of hydrogen-bond acceptors (Lipinski definition) is 2. The van der Waals surface area contributed by atoms with Gasteiger partial charge in [-0.25, -0.2) is 0 Å². The third-order valence-corrected chi connectivity index (χ3v) is 1.60. The zero-order valence-electron chi connectivity index (χ0n) is 7.15. The smallest absolute Gasteiger partial charge is 0.0906 e. The van der Waals surface area contributed by atoms with E-state index in [1.165, 1.54) is 0 Å². The molecule has 0 rings (SSSR count). The second-order valence-corrected chi connectivity index (χ2v) is 2.76. The zero-order chi connectivity index (χ0) is 8.53. The largest absolute Gasteiger partial charge is 0.396 e. The predicted octanol–water partition coefficient (Wildman–Crippen LogP) is 1.10. The van der Waals surface area contributed by atoms with E-state index in [2.05, 4.69) is 5.32 Å². The van der Waals surface area contributed by atoms with Crippen molar-refractivity contribution in [3.05, 3.63) is 0 Å². The van der Waals surface area contributed by atoms with Gasteiger partial charge in [-0.3, -0.25) is 4.39 Å². The van der Waals surface area contributed by atoms with Crippen LogP contribution in [-0.2, 0) is 0 Å². The van der Waals surface area contributed by atoms with Crippen LogP contribution in [0, 0.1) is 0 Å². The second kappa shape index (κ2) is 7.95. The first-order valence-electron chi connectivity index (χ1n) is 4.21. The summed E-state index contributed by atoms with van der Waals surface area (Å²) < 4.78 is 11.6. The Labute approximate surface area is 67.8 Å². The first-order chi connectivity index (χ1) is 5.31. The molecule has 0 heterocycles. The SMILES string of the molecule is CC(CCCO)NCCCF. The summed E-state index contributed by atoms with van der Waals surface area (Å²) in [5.41, 5.74) is 0. The molecule has 0 aliphatic rings. The van der Waals surface area contributed by atoms with Crippen LogP contribution in [0.3, 0.4) is 0 Å². The molecule has 0 amide bonds. The van der Waals surface area contributed by atoms with Gasteiger partial charge in [0.1, 0.15) is 0 Å². The molecule has 0 aliphatic carbocycles. The molecular formula is C8H18FNO. The van der Waals surface area contributed by atoms with Gasteiger partial charge in [-0.05, 0) is 32.7 Å². The fourth-order valence-electron chi connectivity index (χ4n) is 0.915. The van der Waals surface area contributed by atoms with Crippen molar-refractivity contribution in [3.8, 4) is 0 Å². The molecule has 1 atom stereocenters. The topological polar surface area (TPSA) is 32.3 Å². The Morgan fingerprint density at radius 2 is 2.18 bits per heavy atom. The summed E-state index contributed by atoms with van der Waals surface area (Å²) >= 11 is 0. The number of alkyl halides is 1. The quantitative estimate of drug-likeness (QED) is 0.551. The van der Waals surface area contributed by atoms with E-state index in [-0.39, 0.29) is 13.3 Å². The summed E-state index contributed by atoms with van der Waals surface area (Å²) in [7, 11) is 0.